The Hall–Kier alpha value is -2.37. The number of hydrogen-bond acceptors (Lipinski definition) is 3. The van der Waals surface area contributed by atoms with E-state index in [-0.39, 0.29) is 30.3 Å². The van der Waals surface area contributed by atoms with Gasteiger partial charge in [-0.05, 0) is 67.7 Å². The highest BCUT2D eigenvalue weighted by atomic mass is 16.2. The van der Waals surface area contributed by atoms with Crippen molar-refractivity contribution < 1.29 is 14.4 Å². The van der Waals surface area contributed by atoms with Gasteiger partial charge in [0, 0.05) is 30.3 Å². The summed E-state index contributed by atoms with van der Waals surface area (Å²) in [5, 5.41) is 5.77. The zero-order valence-corrected chi connectivity index (χ0v) is 18.5. The molecule has 3 amide bonds. The van der Waals surface area contributed by atoms with Crippen molar-refractivity contribution in [1.82, 2.24) is 10.6 Å². The van der Waals surface area contributed by atoms with Crippen molar-refractivity contribution in [2.45, 2.75) is 71.8 Å². The molecule has 3 rings (SSSR count). The highest BCUT2D eigenvalue weighted by Crippen LogP contribution is 2.40. The Morgan fingerprint density at radius 1 is 1.10 bits per heavy atom. The molecule has 1 saturated heterocycles. The molecule has 1 aromatic carbocycles. The first kappa shape index (κ1) is 22.3. The van der Waals surface area contributed by atoms with Crippen LogP contribution in [0.1, 0.15) is 76.1 Å². The lowest BCUT2D eigenvalue weighted by atomic mass is 9.69. The summed E-state index contributed by atoms with van der Waals surface area (Å²) in [4.78, 5) is 38.2. The van der Waals surface area contributed by atoms with Crippen molar-refractivity contribution in [3.05, 3.63) is 29.8 Å². The number of nitrogens with zero attached hydrogens (tertiary/aromatic N) is 1. The fourth-order valence-corrected chi connectivity index (χ4v) is 4.56. The summed E-state index contributed by atoms with van der Waals surface area (Å²) in [5.74, 6) is 0.420. The second kappa shape index (κ2) is 9.63. The smallest absolute Gasteiger partial charge is 0.251 e. The molecule has 0 aromatic heterocycles. The molecule has 1 heterocycles. The van der Waals surface area contributed by atoms with E-state index in [2.05, 4.69) is 31.4 Å². The van der Waals surface area contributed by atoms with Crippen LogP contribution in [-0.2, 0) is 9.59 Å². The van der Waals surface area contributed by atoms with Crippen molar-refractivity contribution in [3.63, 3.8) is 0 Å². The Morgan fingerprint density at radius 3 is 2.33 bits per heavy atom. The van der Waals surface area contributed by atoms with Crippen LogP contribution in [-0.4, -0.2) is 36.9 Å². The molecule has 1 aromatic rings. The first-order chi connectivity index (χ1) is 14.3. The molecule has 164 valence electrons. The molecule has 0 radical (unpaired) electrons. The molecular weight excluding hydrogens is 378 g/mol. The molecule has 2 aliphatic rings. The minimum absolute atomic E-state index is 0.0222. The van der Waals surface area contributed by atoms with Crippen molar-refractivity contribution >= 4 is 23.4 Å². The fourth-order valence-electron chi connectivity index (χ4n) is 4.56. The van der Waals surface area contributed by atoms with Crippen molar-refractivity contribution in [2.24, 2.45) is 11.3 Å². The van der Waals surface area contributed by atoms with Crippen molar-refractivity contribution in [1.29, 1.82) is 0 Å². The third-order valence-corrected chi connectivity index (χ3v) is 7.03. The SMILES string of the molecule is CCC(C)(C)C1CCC(NC(=O)CNC(=O)c2ccc(N3CCCC3=O)cc2)CC1. The van der Waals surface area contributed by atoms with E-state index in [1.165, 1.54) is 6.42 Å². The number of benzene rings is 1. The summed E-state index contributed by atoms with van der Waals surface area (Å²) in [6, 6.07) is 7.18. The highest BCUT2D eigenvalue weighted by Gasteiger charge is 2.32. The molecule has 2 fully saturated rings. The van der Waals surface area contributed by atoms with E-state index in [0.717, 1.165) is 44.3 Å². The van der Waals surface area contributed by atoms with Gasteiger partial charge in [0.15, 0.2) is 0 Å². The van der Waals surface area contributed by atoms with E-state index in [4.69, 9.17) is 0 Å². The van der Waals surface area contributed by atoms with E-state index >= 15 is 0 Å². The molecule has 6 nitrogen and oxygen atoms in total. The average Bonchev–Trinajstić information content (AvgIpc) is 3.18. The predicted molar refractivity (Wildman–Crippen MR) is 118 cm³/mol. The maximum atomic E-state index is 12.4. The first-order valence-electron chi connectivity index (χ1n) is 11.3. The summed E-state index contributed by atoms with van der Waals surface area (Å²) in [7, 11) is 0. The molecule has 0 unspecified atom stereocenters. The number of carbonyl (C=O) groups excluding carboxylic acids is 3. The van der Waals surface area contributed by atoms with E-state index in [0.29, 0.717) is 23.3 Å². The van der Waals surface area contributed by atoms with E-state index in [1.807, 2.05) is 0 Å². The zero-order valence-electron chi connectivity index (χ0n) is 18.5. The Bertz CT molecular complexity index is 764. The van der Waals surface area contributed by atoms with Crippen LogP contribution in [0.15, 0.2) is 24.3 Å². The Labute approximate surface area is 179 Å². The second-order valence-electron chi connectivity index (χ2n) is 9.34. The number of carbonyl (C=O) groups is 3. The van der Waals surface area contributed by atoms with Crippen LogP contribution in [0.25, 0.3) is 0 Å². The topological polar surface area (TPSA) is 78.5 Å². The summed E-state index contributed by atoms with van der Waals surface area (Å²) in [6.45, 7) is 7.62. The van der Waals surface area contributed by atoms with Gasteiger partial charge in [-0.15, -0.1) is 0 Å². The normalized spacial score (nSPS) is 22.1. The van der Waals surface area contributed by atoms with Crippen molar-refractivity contribution in [2.75, 3.05) is 18.0 Å². The van der Waals surface area contributed by atoms with Gasteiger partial charge in [0.05, 0.1) is 6.54 Å². The van der Waals surface area contributed by atoms with Crippen LogP contribution >= 0.6 is 0 Å². The van der Waals surface area contributed by atoms with Crippen LogP contribution < -0.4 is 15.5 Å². The quantitative estimate of drug-likeness (QED) is 0.716. The molecular formula is C24H35N3O3. The van der Waals surface area contributed by atoms with E-state index < -0.39 is 0 Å². The lowest BCUT2D eigenvalue weighted by molar-refractivity contribution is -0.121. The highest BCUT2D eigenvalue weighted by molar-refractivity contribution is 5.98. The van der Waals surface area contributed by atoms with Gasteiger partial charge in [-0.25, -0.2) is 0 Å². The molecule has 2 N–H and O–H groups in total. The van der Waals surface area contributed by atoms with Gasteiger partial charge in [-0.2, -0.15) is 0 Å². The van der Waals surface area contributed by atoms with Gasteiger partial charge in [0.1, 0.15) is 0 Å². The third kappa shape index (κ3) is 5.41. The summed E-state index contributed by atoms with van der Waals surface area (Å²) < 4.78 is 0. The minimum Gasteiger partial charge on any atom is -0.352 e. The fraction of sp³-hybridized carbons (Fsp3) is 0.625. The van der Waals surface area contributed by atoms with Gasteiger partial charge < -0.3 is 15.5 Å². The molecule has 1 aliphatic heterocycles. The van der Waals surface area contributed by atoms with Crippen LogP contribution in [0.5, 0.6) is 0 Å². The summed E-state index contributed by atoms with van der Waals surface area (Å²) in [5.41, 5.74) is 1.66. The Kier molecular flexibility index (Phi) is 7.16. The number of rotatable bonds is 7. The first-order valence-corrected chi connectivity index (χ1v) is 11.3. The lowest BCUT2D eigenvalue weighted by Gasteiger charge is -2.39. The van der Waals surface area contributed by atoms with Gasteiger partial charge in [0.25, 0.3) is 5.91 Å². The van der Waals surface area contributed by atoms with E-state index in [1.54, 1.807) is 29.2 Å². The maximum absolute atomic E-state index is 12.4. The lowest BCUT2D eigenvalue weighted by Crippen LogP contribution is -2.44. The van der Waals surface area contributed by atoms with Gasteiger partial charge >= 0.3 is 0 Å². The molecule has 0 atom stereocenters. The largest absolute Gasteiger partial charge is 0.352 e. The van der Waals surface area contributed by atoms with E-state index in [9.17, 15) is 14.4 Å². The van der Waals surface area contributed by atoms with Crippen LogP contribution in [0.4, 0.5) is 5.69 Å². The zero-order chi connectivity index (χ0) is 21.7. The molecule has 6 heteroatoms. The van der Waals surface area contributed by atoms with Gasteiger partial charge in [-0.3, -0.25) is 14.4 Å². The van der Waals surface area contributed by atoms with Crippen LogP contribution in [0, 0.1) is 11.3 Å². The standard InChI is InChI=1S/C24H35N3O3/c1-4-24(2,3)18-9-11-19(12-10-18)26-21(28)16-25-23(30)17-7-13-20(14-8-17)27-15-5-6-22(27)29/h7-8,13-14,18-19H,4-6,9-12,15-16H2,1-3H3,(H,25,30)(H,26,28). The van der Waals surface area contributed by atoms with Crippen LogP contribution in [0.2, 0.25) is 0 Å². The molecule has 0 spiro atoms. The Morgan fingerprint density at radius 2 is 1.77 bits per heavy atom. The van der Waals surface area contributed by atoms with Gasteiger partial charge in [0.2, 0.25) is 11.8 Å². The average molecular weight is 414 g/mol. The Balaban J connectivity index is 1.41. The monoisotopic (exact) mass is 413 g/mol. The predicted octanol–water partition coefficient (Wildman–Crippen LogP) is 3.65. The second-order valence-corrected chi connectivity index (χ2v) is 9.34. The van der Waals surface area contributed by atoms with Crippen LogP contribution in [0.3, 0.4) is 0 Å². The van der Waals surface area contributed by atoms with Crippen molar-refractivity contribution in [3.8, 4) is 0 Å². The van der Waals surface area contributed by atoms with Gasteiger partial charge in [-0.1, -0.05) is 27.2 Å². The molecule has 30 heavy (non-hydrogen) atoms. The summed E-state index contributed by atoms with van der Waals surface area (Å²) >= 11 is 0. The number of amides is 3. The molecule has 1 aliphatic carbocycles. The number of hydrogen-bond donors (Lipinski definition) is 2. The minimum atomic E-state index is -0.280. The summed E-state index contributed by atoms with van der Waals surface area (Å²) in [6.07, 6.45) is 6.92. The third-order valence-electron chi connectivity index (χ3n) is 7.03. The number of anilines is 1. The maximum Gasteiger partial charge on any atom is 0.251 e. The molecule has 1 saturated carbocycles. The number of nitrogens with one attached hydrogen (secondary N) is 2. The molecule has 0 bridgehead atoms.